The lowest BCUT2D eigenvalue weighted by molar-refractivity contribution is 0.222. The lowest BCUT2D eigenvalue weighted by Gasteiger charge is -2.18. The van der Waals surface area contributed by atoms with Crippen LogP contribution in [0.25, 0.3) is 0 Å². The molecule has 2 rings (SSSR count). The van der Waals surface area contributed by atoms with E-state index < -0.39 is 0 Å². The Morgan fingerprint density at radius 1 is 1.40 bits per heavy atom. The highest BCUT2D eigenvalue weighted by Gasteiger charge is 2.26. The van der Waals surface area contributed by atoms with Crippen LogP contribution in [-0.2, 0) is 0 Å². The molecule has 110 valence electrons. The second-order valence-electron chi connectivity index (χ2n) is 4.59. The van der Waals surface area contributed by atoms with Gasteiger partial charge in [0.15, 0.2) is 0 Å². The number of rotatable bonds is 4. The Balaban J connectivity index is 2.04. The fraction of sp³-hybridized carbons (Fsp3) is 0.500. The summed E-state index contributed by atoms with van der Waals surface area (Å²) >= 11 is 1.81. The van der Waals surface area contributed by atoms with Crippen molar-refractivity contribution in [3.8, 4) is 11.5 Å². The van der Waals surface area contributed by atoms with Crippen molar-refractivity contribution in [2.24, 2.45) is 0 Å². The van der Waals surface area contributed by atoms with E-state index in [1.807, 2.05) is 16.7 Å². The van der Waals surface area contributed by atoms with Crippen molar-refractivity contribution >= 4 is 23.5 Å². The highest BCUT2D eigenvalue weighted by molar-refractivity contribution is 7.99. The molecule has 1 aliphatic heterocycles. The first kappa shape index (κ1) is 14.8. The third-order valence-corrected chi connectivity index (χ3v) is 4.47. The molecular formula is C14H20N2O3S. The van der Waals surface area contributed by atoms with Crippen LogP contribution in [0.2, 0.25) is 0 Å². The van der Waals surface area contributed by atoms with Gasteiger partial charge in [0.1, 0.15) is 11.5 Å². The molecule has 1 aliphatic rings. The number of benzene rings is 1. The fourth-order valence-corrected chi connectivity index (χ4v) is 2.87. The maximum atomic E-state index is 12.2. The molecule has 1 aromatic rings. The van der Waals surface area contributed by atoms with Crippen molar-refractivity contribution in [2.75, 3.05) is 38.9 Å². The molecule has 5 nitrogen and oxygen atoms in total. The number of ether oxygens (including phenoxy) is 2. The first-order chi connectivity index (χ1) is 9.67. The second kappa shape index (κ2) is 6.74. The van der Waals surface area contributed by atoms with Crippen molar-refractivity contribution in [1.29, 1.82) is 0 Å². The Labute approximate surface area is 123 Å². The SMILES string of the molecule is COc1ccc(NC(=O)N2CCC(SC)C2)c(OC)c1. The third-order valence-electron chi connectivity index (χ3n) is 3.42. The molecule has 0 aromatic heterocycles. The van der Waals surface area contributed by atoms with Gasteiger partial charge in [0.25, 0.3) is 0 Å². The van der Waals surface area contributed by atoms with E-state index in [0.717, 1.165) is 19.5 Å². The van der Waals surface area contributed by atoms with Crippen LogP contribution in [-0.4, -0.2) is 49.7 Å². The molecule has 0 spiro atoms. The van der Waals surface area contributed by atoms with E-state index in [4.69, 9.17) is 9.47 Å². The van der Waals surface area contributed by atoms with Crippen molar-refractivity contribution in [1.82, 2.24) is 4.90 Å². The number of nitrogens with one attached hydrogen (secondary N) is 1. The number of urea groups is 1. The summed E-state index contributed by atoms with van der Waals surface area (Å²) < 4.78 is 10.4. The van der Waals surface area contributed by atoms with Gasteiger partial charge < -0.3 is 19.7 Å². The fourth-order valence-electron chi connectivity index (χ4n) is 2.20. The van der Waals surface area contributed by atoms with Gasteiger partial charge in [-0.1, -0.05) is 0 Å². The molecule has 0 aliphatic carbocycles. The first-order valence-electron chi connectivity index (χ1n) is 6.48. The highest BCUT2D eigenvalue weighted by atomic mass is 32.2. The smallest absolute Gasteiger partial charge is 0.321 e. The highest BCUT2D eigenvalue weighted by Crippen LogP contribution is 2.29. The van der Waals surface area contributed by atoms with E-state index in [9.17, 15) is 4.79 Å². The van der Waals surface area contributed by atoms with Crippen molar-refractivity contribution in [2.45, 2.75) is 11.7 Å². The Morgan fingerprint density at radius 2 is 2.20 bits per heavy atom. The number of likely N-dealkylation sites (tertiary alicyclic amines) is 1. The zero-order chi connectivity index (χ0) is 14.5. The summed E-state index contributed by atoms with van der Waals surface area (Å²) in [6, 6.07) is 5.26. The van der Waals surface area contributed by atoms with Gasteiger partial charge >= 0.3 is 6.03 Å². The summed E-state index contributed by atoms with van der Waals surface area (Å²) in [5.41, 5.74) is 0.658. The molecule has 1 heterocycles. The van der Waals surface area contributed by atoms with Gasteiger partial charge in [0.05, 0.1) is 19.9 Å². The van der Waals surface area contributed by atoms with Crippen LogP contribution >= 0.6 is 11.8 Å². The zero-order valence-corrected chi connectivity index (χ0v) is 12.8. The largest absolute Gasteiger partial charge is 0.497 e. The molecule has 1 atom stereocenters. The molecule has 0 saturated carbocycles. The van der Waals surface area contributed by atoms with E-state index in [-0.39, 0.29) is 6.03 Å². The van der Waals surface area contributed by atoms with Gasteiger partial charge in [0, 0.05) is 24.4 Å². The molecule has 6 heteroatoms. The Kier molecular flexibility index (Phi) is 5.00. The van der Waals surface area contributed by atoms with Crippen LogP contribution in [0.3, 0.4) is 0 Å². The maximum absolute atomic E-state index is 12.2. The minimum Gasteiger partial charge on any atom is -0.497 e. The third kappa shape index (κ3) is 3.30. The summed E-state index contributed by atoms with van der Waals surface area (Å²) in [5, 5.41) is 3.44. The number of anilines is 1. The van der Waals surface area contributed by atoms with Crippen molar-refractivity contribution in [3.05, 3.63) is 18.2 Å². The average molecular weight is 296 g/mol. The molecule has 1 fully saturated rings. The minimum atomic E-state index is -0.0787. The van der Waals surface area contributed by atoms with Gasteiger partial charge in [-0.15, -0.1) is 0 Å². The normalized spacial score (nSPS) is 17.9. The summed E-state index contributed by atoms with van der Waals surface area (Å²) in [6.07, 6.45) is 3.13. The van der Waals surface area contributed by atoms with Crippen LogP contribution < -0.4 is 14.8 Å². The predicted octanol–water partition coefficient (Wildman–Crippen LogP) is 2.67. The quantitative estimate of drug-likeness (QED) is 0.928. The number of thioether (sulfide) groups is 1. The van der Waals surface area contributed by atoms with Gasteiger partial charge in [-0.2, -0.15) is 11.8 Å². The van der Waals surface area contributed by atoms with Crippen LogP contribution in [0.15, 0.2) is 18.2 Å². The number of methoxy groups -OCH3 is 2. The topological polar surface area (TPSA) is 50.8 Å². The molecule has 20 heavy (non-hydrogen) atoms. The van der Waals surface area contributed by atoms with Crippen LogP contribution in [0, 0.1) is 0 Å². The summed E-state index contributed by atoms with van der Waals surface area (Å²) in [5.74, 6) is 1.29. The monoisotopic (exact) mass is 296 g/mol. The summed E-state index contributed by atoms with van der Waals surface area (Å²) in [4.78, 5) is 14.1. The molecule has 0 radical (unpaired) electrons. The van der Waals surface area contributed by atoms with Crippen molar-refractivity contribution in [3.63, 3.8) is 0 Å². The van der Waals surface area contributed by atoms with Crippen LogP contribution in [0.5, 0.6) is 11.5 Å². The zero-order valence-electron chi connectivity index (χ0n) is 12.0. The summed E-state index contributed by atoms with van der Waals surface area (Å²) in [7, 11) is 3.17. The Bertz CT molecular complexity index is 481. The number of carbonyl (C=O) groups excluding carboxylic acids is 1. The second-order valence-corrected chi connectivity index (χ2v) is 5.73. The average Bonchev–Trinajstić information content (AvgIpc) is 2.96. The van der Waals surface area contributed by atoms with E-state index in [1.54, 1.807) is 32.4 Å². The first-order valence-corrected chi connectivity index (χ1v) is 7.77. The molecule has 1 unspecified atom stereocenters. The van der Waals surface area contributed by atoms with Gasteiger partial charge in [-0.05, 0) is 24.8 Å². The van der Waals surface area contributed by atoms with Crippen LogP contribution in [0.4, 0.5) is 10.5 Å². The van der Waals surface area contributed by atoms with E-state index >= 15 is 0 Å². The molecule has 0 bridgehead atoms. The summed E-state index contributed by atoms with van der Waals surface area (Å²) in [6.45, 7) is 1.60. The van der Waals surface area contributed by atoms with Gasteiger partial charge in [-0.25, -0.2) is 4.79 Å². The lowest BCUT2D eigenvalue weighted by Crippen LogP contribution is -2.33. The minimum absolute atomic E-state index is 0.0787. The Morgan fingerprint density at radius 3 is 2.80 bits per heavy atom. The van der Waals surface area contributed by atoms with Crippen molar-refractivity contribution < 1.29 is 14.3 Å². The maximum Gasteiger partial charge on any atom is 0.321 e. The Hall–Kier alpha value is -1.56. The number of hydrogen-bond acceptors (Lipinski definition) is 4. The lowest BCUT2D eigenvalue weighted by atomic mass is 10.2. The van der Waals surface area contributed by atoms with E-state index in [2.05, 4.69) is 11.6 Å². The molecule has 1 N–H and O–H groups in total. The van der Waals surface area contributed by atoms with Crippen LogP contribution in [0.1, 0.15) is 6.42 Å². The number of amides is 2. The van der Waals surface area contributed by atoms with Gasteiger partial charge in [-0.3, -0.25) is 0 Å². The standard InChI is InChI=1S/C14H20N2O3S/c1-18-10-4-5-12(13(8-10)19-2)15-14(17)16-7-6-11(9-16)20-3/h4-5,8,11H,6-7,9H2,1-3H3,(H,15,17). The van der Waals surface area contributed by atoms with E-state index in [1.165, 1.54) is 0 Å². The molecule has 1 saturated heterocycles. The van der Waals surface area contributed by atoms with E-state index in [0.29, 0.717) is 22.4 Å². The number of nitrogens with zero attached hydrogens (tertiary/aromatic N) is 1. The molecule has 2 amide bonds. The number of hydrogen-bond donors (Lipinski definition) is 1. The molecular weight excluding hydrogens is 276 g/mol. The molecule has 1 aromatic carbocycles. The number of carbonyl (C=O) groups is 1. The predicted molar refractivity (Wildman–Crippen MR) is 82.1 cm³/mol. The van der Waals surface area contributed by atoms with Gasteiger partial charge in [0.2, 0.25) is 0 Å².